The van der Waals surface area contributed by atoms with E-state index in [0.29, 0.717) is 0 Å². The number of benzene rings is 1. The van der Waals surface area contributed by atoms with Gasteiger partial charge in [0.15, 0.2) is 5.78 Å². The van der Waals surface area contributed by atoms with E-state index in [2.05, 4.69) is 4.98 Å². The molecule has 0 aliphatic heterocycles. The van der Waals surface area contributed by atoms with Gasteiger partial charge in [0.1, 0.15) is 17.0 Å². The van der Waals surface area contributed by atoms with Gasteiger partial charge < -0.3 is 4.74 Å². The van der Waals surface area contributed by atoms with Crippen LogP contribution in [0.3, 0.4) is 0 Å². The average molecular weight is 297 g/mol. The molecule has 1 unspecified atom stereocenters. The Hall–Kier alpha value is -2.82. The van der Waals surface area contributed by atoms with Crippen LogP contribution in [0, 0.1) is 5.41 Å². The van der Waals surface area contributed by atoms with Crippen LogP contribution in [0.4, 0.5) is 4.39 Å². The van der Waals surface area contributed by atoms with E-state index < -0.39 is 23.0 Å². The molecular weight excluding hydrogens is 285 g/mol. The predicted octanol–water partition coefficient (Wildman–Crippen LogP) is 3.14. The first-order valence-corrected chi connectivity index (χ1v) is 6.67. The van der Waals surface area contributed by atoms with Crippen molar-refractivity contribution >= 4 is 22.7 Å². The fourth-order valence-corrected chi connectivity index (χ4v) is 2.14. The van der Waals surface area contributed by atoms with Gasteiger partial charge in [0, 0.05) is 11.5 Å². The second kappa shape index (κ2) is 5.18. The van der Waals surface area contributed by atoms with Crippen molar-refractivity contribution in [3.8, 4) is 5.75 Å². The zero-order valence-electron chi connectivity index (χ0n) is 11.7. The third-order valence-corrected chi connectivity index (χ3v) is 3.55. The number of para-hydroxylation sites is 1. The molecule has 4 nitrogen and oxygen atoms in total. The van der Waals surface area contributed by atoms with Crippen LogP contribution >= 0.6 is 0 Å². The van der Waals surface area contributed by atoms with E-state index in [1.807, 2.05) is 24.3 Å². The third-order valence-electron chi connectivity index (χ3n) is 3.55. The minimum Gasteiger partial charge on any atom is -0.424 e. The van der Waals surface area contributed by atoms with E-state index in [-0.39, 0.29) is 5.75 Å². The fraction of sp³-hybridized carbons (Fsp3) is 0.118. The van der Waals surface area contributed by atoms with Crippen LogP contribution < -0.4 is 4.74 Å². The number of carbonyl (C=O) groups is 2. The maximum absolute atomic E-state index is 14.0. The van der Waals surface area contributed by atoms with E-state index in [0.717, 1.165) is 23.1 Å². The lowest BCUT2D eigenvalue weighted by atomic mass is 9.85. The number of ketones is 1. The molecule has 1 heterocycles. The molecule has 1 atom stereocenters. The number of ether oxygens (including phenoxy) is 1. The Labute approximate surface area is 125 Å². The molecule has 0 fully saturated rings. The summed E-state index contributed by atoms with van der Waals surface area (Å²) in [5.74, 6) is -1.90. The number of rotatable bonds is 2. The molecule has 5 heteroatoms. The first-order valence-electron chi connectivity index (χ1n) is 6.67. The Morgan fingerprint density at radius 2 is 2.09 bits per heavy atom. The molecule has 1 aliphatic carbocycles. The SMILES string of the molecule is CC1(C(=O)Oc2cnc3ccccc3c2)C=CC(=O)C=C1F. The highest BCUT2D eigenvalue weighted by molar-refractivity contribution is 6.03. The van der Waals surface area contributed by atoms with Crippen LogP contribution in [0.25, 0.3) is 10.9 Å². The van der Waals surface area contributed by atoms with Crippen LogP contribution in [0.15, 0.2) is 60.6 Å². The average Bonchev–Trinajstić information content (AvgIpc) is 2.51. The first kappa shape index (κ1) is 14.1. The summed E-state index contributed by atoms with van der Waals surface area (Å²) in [6, 6.07) is 9.02. The van der Waals surface area contributed by atoms with Crippen molar-refractivity contribution in [2.45, 2.75) is 6.92 Å². The van der Waals surface area contributed by atoms with Crippen molar-refractivity contribution in [1.82, 2.24) is 4.98 Å². The number of carbonyl (C=O) groups excluding carboxylic acids is 2. The standard InChI is InChI=1S/C17H12FNO3/c1-17(7-6-12(20)9-15(17)18)16(21)22-13-8-11-4-2-3-5-14(11)19-10-13/h2-10H,1H3. The monoisotopic (exact) mass is 297 g/mol. The van der Waals surface area contributed by atoms with E-state index >= 15 is 0 Å². The first-order chi connectivity index (χ1) is 10.5. The molecule has 0 saturated heterocycles. The summed E-state index contributed by atoms with van der Waals surface area (Å²) < 4.78 is 19.2. The smallest absolute Gasteiger partial charge is 0.328 e. The Kier molecular flexibility index (Phi) is 3.33. The van der Waals surface area contributed by atoms with Gasteiger partial charge in [-0.1, -0.05) is 24.3 Å². The summed E-state index contributed by atoms with van der Waals surface area (Å²) in [7, 11) is 0. The van der Waals surface area contributed by atoms with Crippen molar-refractivity contribution in [3.05, 3.63) is 60.6 Å². The zero-order valence-corrected chi connectivity index (χ0v) is 11.7. The Morgan fingerprint density at radius 3 is 2.86 bits per heavy atom. The second-order valence-electron chi connectivity index (χ2n) is 5.18. The van der Waals surface area contributed by atoms with Crippen molar-refractivity contribution in [1.29, 1.82) is 0 Å². The van der Waals surface area contributed by atoms with Gasteiger partial charge in [0.05, 0.1) is 11.7 Å². The summed E-state index contributed by atoms with van der Waals surface area (Å²) in [6.45, 7) is 1.36. The van der Waals surface area contributed by atoms with Gasteiger partial charge in [-0.2, -0.15) is 0 Å². The number of hydrogen-bond donors (Lipinski definition) is 0. The molecule has 0 saturated carbocycles. The van der Waals surface area contributed by atoms with E-state index in [1.54, 1.807) is 6.07 Å². The topological polar surface area (TPSA) is 56.3 Å². The highest BCUT2D eigenvalue weighted by Crippen LogP contribution is 2.34. The summed E-state index contributed by atoms with van der Waals surface area (Å²) >= 11 is 0. The molecule has 2 aromatic rings. The van der Waals surface area contributed by atoms with Gasteiger partial charge in [0.2, 0.25) is 0 Å². The number of halogens is 1. The molecule has 1 aliphatic rings. The molecule has 0 radical (unpaired) electrons. The molecule has 1 aromatic heterocycles. The van der Waals surface area contributed by atoms with Crippen molar-refractivity contribution < 1.29 is 18.7 Å². The molecule has 1 aromatic carbocycles. The minimum atomic E-state index is -1.60. The van der Waals surface area contributed by atoms with Gasteiger partial charge in [-0.25, -0.2) is 4.39 Å². The number of pyridine rings is 1. The Bertz CT molecular complexity index is 841. The molecule has 0 bridgehead atoms. The van der Waals surface area contributed by atoms with Crippen LogP contribution in [-0.2, 0) is 9.59 Å². The van der Waals surface area contributed by atoms with Crippen LogP contribution in [0.1, 0.15) is 6.92 Å². The number of fused-ring (bicyclic) bond motifs is 1. The molecule has 110 valence electrons. The van der Waals surface area contributed by atoms with Gasteiger partial charge in [-0.3, -0.25) is 14.6 Å². The zero-order chi connectivity index (χ0) is 15.7. The summed E-state index contributed by atoms with van der Waals surface area (Å²) in [5, 5.41) is 0.809. The van der Waals surface area contributed by atoms with Crippen LogP contribution in [0.2, 0.25) is 0 Å². The number of allylic oxidation sites excluding steroid dienone is 2. The van der Waals surface area contributed by atoms with E-state index in [4.69, 9.17) is 4.74 Å². The molecule has 0 N–H and O–H groups in total. The Balaban J connectivity index is 1.88. The largest absolute Gasteiger partial charge is 0.424 e. The minimum absolute atomic E-state index is 0.225. The summed E-state index contributed by atoms with van der Waals surface area (Å²) in [5.41, 5.74) is -0.831. The highest BCUT2D eigenvalue weighted by atomic mass is 19.1. The molecular formula is C17H12FNO3. The van der Waals surface area contributed by atoms with E-state index in [1.165, 1.54) is 19.2 Å². The van der Waals surface area contributed by atoms with Gasteiger partial charge >= 0.3 is 5.97 Å². The van der Waals surface area contributed by atoms with Crippen LogP contribution in [0.5, 0.6) is 5.75 Å². The third kappa shape index (κ3) is 2.41. The maximum atomic E-state index is 14.0. The van der Waals surface area contributed by atoms with Crippen molar-refractivity contribution in [2.75, 3.05) is 0 Å². The second-order valence-corrected chi connectivity index (χ2v) is 5.18. The quantitative estimate of drug-likeness (QED) is 0.799. The predicted molar refractivity (Wildman–Crippen MR) is 78.8 cm³/mol. The number of aromatic nitrogens is 1. The number of esters is 1. The molecule has 22 heavy (non-hydrogen) atoms. The Morgan fingerprint density at radius 1 is 1.32 bits per heavy atom. The van der Waals surface area contributed by atoms with Crippen molar-refractivity contribution in [2.24, 2.45) is 5.41 Å². The van der Waals surface area contributed by atoms with Crippen LogP contribution in [-0.4, -0.2) is 16.7 Å². The van der Waals surface area contributed by atoms with Gasteiger partial charge in [-0.15, -0.1) is 0 Å². The normalized spacial score (nSPS) is 20.8. The summed E-state index contributed by atoms with van der Waals surface area (Å²) in [4.78, 5) is 27.5. The van der Waals surface area contributed by atoms with Crippen molar-refractivity contribution in [3.63, 3.8) is 0 Å². The van der Waals surface area contributed by atoms with Gasteiger partial charge in [-0.05, 0) is 25.1 Å². The number of hydrogen-bond acceptors (Lipinski definition) is 4. The number of nitrogens with zero attached hydrogens (tertiary/aromatic N) is 1. The lowest BCUT2D eigenvalue weighted by molar-refractivity contribution is -0.141. The maximum Gasteiger partial charge on any atom is 0.328 e. The summed E-state index contributed by atoms with van der Waals surface area (Å²) in [6.07, 6.45) is 4.56. The lowest BCUT2D eigenvalue weighted by Crippen LogP contribution is -2.33. The molecule has 3 rings (SSSR count). The van der Waals surface area contributed by atoms with E-state index in [9.17, 15) is 14.0 Å². The molecule has 0 amide bonds. The van der Waals surface area contributed by atoms with Gasteiger partial charge in [0.25, 0.3) is 0 Å². The molecule has 0 spiro atoms. The highest BCUT2D eigenvalue weighted by Gasteiger charge is 2.40. The lowest BCUT2D eigenvalue weighted by Gasteiger charge is -2.23. The fourth-order valence-electron chi connectivity index (χ4n) is 2.14.